The Kier molecular flexibility index (Phi) is 5.62. The lowest BCUT2D eigenvalue weighted by Crippen LogP contribution is -2.43. The molecule has 0 spiro atoms. The van der Waals surface area contributed by atoms with E-state index < -0.39 is 35.3 Å². The second kappa shape index (κ2) is 7.89. The van der Waals surface area contributed by atoms with Crippen molar-refractivity contribution in [2.45, 2.75) is 50.1 Å². The number of aliphatic hydroxyl groups excluding tert-OH is 2. The predicted molar refractivity (Wildman–Crippen MR) is 106 cm³/mol. The van der Waals surface area contributed by atoms with Crippen molar-refractivity contribution in [2.24, 2.45) is 0 Å². The second-order valence-corrected chi connectivity index (χ2v) is 8.59. The Balaban J connectivity index is 1.51. The van der Waals surface area contributed by atoms with Gasteiger partial charge in [0.1, 0.15) is 11.9 Å². The molecule has 3 heterocycles. The molecule has 12 heteroatoms. The third-order valence-corrected chi connectivity index (χ3v) is 5.96. The number of carbonyl (C=O) groups excluding carboxylic acids is 1. The molecule has 2 unspecified atom stereocenters. The minimum absolute atomic E-state index is 0.000256. The fourth-order valence-corrected chi connectivity index (χ4v) is 3.94. The van der Waals surface area contributed by atoms with Crippen LogP contribution in [0.5, 0.6) is 0 Å². The number of amides is 1. The first-order valence-corrected chi connectivity index (χ1v) is 10.2. The Hall–Kier alpha value is -2.38. The zero-order chi connectivity index (χ0) is 23.3. The van der Waals surface area contributed by atoms with Gasteiger partial charge in [-0.25, -0.2) is 10.9 Å². The van der Waals surface area contributed by atoms with Crippen LogP contribution in [0.2, 0.25) is 0 Å². The maximum absolute atomic E-state index is 13.3. The lowest BCUT2D eigenvalue weighted by Gasteiger charge is -2.29. The van der Waals surface area contributed by atoms with E-state index in [9.17, 15) is 28.2 Å². The molecule has 176 valence electrons. The molecule has 1 amide bonds. The molecule has 2 fully saturated rings. The fourth-order valence-electron chi connectivity index (χ4n) is 3.94. The summed E-state index contributed by atoms with van der Waals surface area (Å²) in [6.45, 7) is 4.73. The number of rotatable bonds is 5. The zero-order valence-electron chi connectivity index (χ0n) is 17.6. The lowest BCUT2D eigenvalue weighted by molar-refractivity contribution is -0.165. The number of carbonyl (C=O) groups is 1. The van der Waals surface area contributed by atoms with Crippen molar-refractivity contribution < 1.29 is 32.9 Å². The van der Waals surface area contributed by atoms with Crippen LogP contribution in [0.25, 0.3) is 0 Å². The lowest BCUT2D eigenvalue weighted by atomic mass is 10.0. The molecular formula is C20H26F3N5O4. The highest BCUT2D eigenvalue weighted by molar-refractivity contribution is 5.91. The van der Waals surface area contributed by atoms with E-state index >= 15 is 0 Å². The number of ether oxygens (including phenoxy) is 1. The summed E-state index contributed by atoms with van der Waals surface area (Å²) in [7, 11) is 0. The van der Waals surface area contributed by atoms with Gasteiger partial charge >= 0.3 is 6.18 Å². The number of hydrogen-bond donors (Lipinski definition) is 6. The van der Waals surface area contributed by atoms with Crippen molar-refractivity contribution in [3.63, 3.8) is 0 Å². The number of alkyl halides is 3. The monoisotopic (exact) mass is 457 g/mol. The molecule has 0 radical (unpaired) electrons. The van der Waals surface area contributed by atoms with Crippen LogP contribution in [0.4, 0.5) is 13.2 Å². The van der Waals surface area contributed by atoms with Crippen LogP contribution in [0.1, 0.15) is 25.0 Å². The highest BCUT2D eigenvalue weighted by Crippen LogP contribution is 2.42. The molecule has 3 aliphatic heterocycles. The van der Waals surface area contributed by atoms with Gasteiger partial charge in [-0.2, -0.15) is 13.2 Å². The van der Waals surface area contributed by atoms with Gasteiger partial charge < -0.3 is 25.2 Å². The van der Waals surface area contributed by atoms with Gasteiger partial charge in [-0.3, -0.25) is 10.1 Å². The largest absolute Gasteiger partial charge is 0.502 e. The summed E-state index contributed by atoms with van der Waals surface area (Å²) in [5, 5.41) is 26.5. The second-order valence-electron chi connectivity index (χ2n) is 8.59. The van der Waals surface area contributed by atoms with E-state index in [1.54, 1.807) is 11.0 Å². The number of hydrogen-bond acceptors (Lipinski definition) is 8. The van der Waals surface area contributed by atoms with Crippen LogP contribution < -0.4 is 21.5 Å². The van der Waals surface area contributed by atoms with Crippen molar-refractivity contribution in [3.8, 4) is 0 Å². The van der Waals surface area contributed by atoms with E-state index in [0.29, 0.717) is 12.1 Å². The summed E-state index contributed by atoms with van der Waals surface area (Å²) in [5.41, 5.74) is 1.92. The highest BCUT2D eigenvalue weighted by Gasteiger charge is 2.65. The van der Waals surface area contributed by atoms with Gasteiger partial charge in [-0.05, 0) is 25.0 Å². The Morgan fingerprint density at radius 3 is 2.72 bits per heavy atom. The summed E-state index contributed by atoms with van der Waals surface area (Å²) in [4.78, 5) is 13.9. The molecule has 0 saturated carbocycles. The van der Waals surface area contributed by atoms with Crippen molar-refractivity contribution >= 4 is 5.91 Å². The van der Waals surface area contributed by atoms with Gasteiger partial charge in [0, 0.05) is 19.6 Å². The summed E-state index contributed by atoms with van der Waals surface area (Å²) < 4.78 is 45.8. The third-order valence-electron chi connectivity index (χ3n) is 5.96. The molecule has 1 aromatic rings. The Morgan fingerprint density at radius 1 is 1.34 bits per heavy atom. The average molecular weight is 457 g/mol. The molecule has 4 rings (SSSR count). The number of nitrogens with zero attached hydrogens (tertiary/aromatic N) is 1. The molecule has 2 atom stereocenters. The first-order chi connectivity index (χ1) is 15.0. The van der Waals surface area contributed by atoms with E-state index in [0.717, 1.165) is 0 Å². The standard InChI is InChI=1S/C20H26F3N5O4/c1-18(2)13-10-28(13)14(15(29)17(31)24-6-7-32-18)16(30)25-9-11-4-3-5-12(8-11)19(26-27-19)20(21,22)23/h3-5,8,13,16,25-27,29-30H,6-7,9-10H2,1-2H3,(H,24,31)/b15-14+. The van der Waals surface area contributed by atoms with Crippen molar-refractivity contribution in [1.29, 1.82) is 0 Å². The van der Waals surface area contributed by atoms with Gasteiger partial charge in [0.05, 0.1) is 18.2 Å². The Morgan fingerprint density at radius 2 is 2.06 bits per heavy atom. The molecule has 1 aromatic carbocycles. The van der Waals surface area contributed by atoms with Crippen LogP contribution >= 0.6 is 0 Å². The van der Waals surface area contributed by atoms with Crippen LogP contribution in [0.3, 0.4) is 0 Å². The maximum atomic E-state index is 13.3. The summed E-state index contributed by atoms with van der Waals surface area (Å²) in [5.74, 6) is -1.35. The average Bonchev–Trinajstić information content (AvgIpc) is 3.62. The number of aliphatic hydroxyl groups is 2. The van der Waals surface area contributed by atoms with Gasteiger partial charge in [-0.1, -0.05) is 24.3 Å². The van der Waals surface area contributed by atoms with Gasteiger partial charge in [0.2, 0.25) is 11.4 Å². The zero-order valence-corrected chi connectivity index (χ0v) is 17.6. The summed E-state index contributed by atoms with van der Waals surface area (Å²) in [6, 6.07) is 5.67. The Bertz CT molecular complexity index is 932. The quantitative estimate of drug-likeness (QED) is 0.274. The topological polar surface area (TPSA) is 138 Å². The number of benzene rings is 1. The number of fused-ring (bicyclic) bond motifs is 1. The summed E-state index contributed by atoms with van der Waals surface area (Å²) >= 11 is 0. The number of nitrogens with one attached hydrogen (secondary N) is 4. The maximum Gasteiger partial charge on any atom is 0.426 e. The van der Waals surface area contributed by atoms with E-state index in [2.05, 4.69) is 21.5 Å². The van der Waals surface area contributed by atoms with Crippen molar-refractivity contribution in [2.75, 3.05) is 19.7 Å². The summed E-state index contributed by atoms with van der Waals surface area (Å²) in [6.07, 6.45) is -5.96. The number of halogens is 3. The van der Waals surface area contributed by atoms with Gasteiger partial charge in [0.15, 0.2) is 0 Å². The fraction of sp³-hybridized carbons (Fsp3) is 0.550. The van der Waals surface area contributed by atoms with Gasteiger partial charge in [0.25, 0.3) is 5.91 Å². The van der Waals surface area contributed by atoms with E-state index in [1.165, 1.54) is 18.2 Å². The highest BCUT2D eigenvalue weighted by atomic mass is 19.4. The van der Waals surface area contributed by atoms with E-state index in [4.69, 9.17) is 4.74 Å². The molecule has 6 N–H and O–H groups in total. The number of hydrazine groups is 1. The molecule has 0 aromatic heterocycles. The first-order valence-electron chi connectivity index (χ1n) is 10.2. The van der Waals surface area contributed by atoms with E-state index in [-0.39, 0.29) is 37.0 Å². The minimum atomic E-state index is -4.53. The van der Waals surface area contributed by atoms with Crippen LogP contribution in [0.15, 0.2) is 35.7 Å². The molecule has 9 nitrogen and oxygen atoms in total. The first kappa shape index (κ1) is 22.8. The SMILES string of the molecule is CC1(C)OCCNC(=O)/C(O)=C(/C(O)NCc2cccc(C3(C(F)(F)F)NN3)c2)N2CC21. The predicted octanol–water partition coefficient (Wildman–Crippen LogP) is 0.296. The molecule has 3 aliphatic rings. The van der Waals surface area contributed by atoms with Crippen molar-refractivity contribution in [3.05, 3.63) is 46.8 Å². The van der Waals surface area contributed by atoms with Crippen LogP contribution in [-0.4, -0.2) is 64.8 Å². The molecular weight excluding hydrogens is 431 g/mol. The smallest absolute Gasteiger partial charge is 0.426 e. The van der Waals surface area contributed by atoms with E-state index in [1.807, 2.05) is 13.8 Å². The molecule has 0 aliphatic carbocycles. The van der Waals surface area contributed by atoms with Crippen LogP contribution in [-0.2, 0) is 21.7 Å². The van der Waals surface area contributed by atoms with Crippen molar-refractivity contribution in [1.82, 2.24) is 26.4 Å². The minimum Gasteiger partial charge on any atom is -0.502 e. The van der Waals surface area contributed by atoms with Gasteiger partial charge in [-0.15, -0.1) is 0 Å². The third kappa shape index (κ3) is 4.16. The molecule has 32 heavy (non-hydrogen) atoms. The normalized spacial score (nSPS) is 27.9. The van der Waals surface area contributed by atoms with Crippen LogP contribution in [0, 0.1) is 0 Å². The Labute approximate surface area is 182 Å². The molecule has 0 bridgehead atoms. The molecule has 2 saturated heterocycles.